The predicted octanol–water partition coefficient (Wildman–Crippen LogP) is 5.78. The van der Waals surface area contributed by atoms with Gasteiger partial charge in [-0.1, -0.05) is 23.7 Å². The second kappa shape index (κ2) is 11.1. The lowest BCUT2D eigenvalue weighted by molar-refractivity contribution is -0.132. The number of carbonyl (C=O) groups is 2. The summed E-state index contributed by atoms with van der Waals surface area (Å²) in [6, 6.07) is 15.8. The molecule has 3 aromatic rings. The number of halogens is 1. The second-order valence-corrected chi connectivity index (χ2v) is 9.20. The van der Waals surface area contributed by atoms with E-state index in [0.29, 0.717) is 28.5 Å². The lowest BCUT2D eigenvalue weighted by atomic mass is 9.94. The molecule has 38 heavy (non-hydrogen) atoms. The van der Waals surface area contributed by atoms with Crippen LogP contribution in [0.3, 0.4) is 0 Å². The summed E-state index contributed by atoms with van der Waals surface area (Å²) in [7, 11) is 4.39. The largest absolute Gasteiger partial charge is 0.507 e. The molecule has 4 rings (SSSR count). The fourth-order valence-electron chi connectivity index (χ4n) is 4.37. The zero-order valence-corrected chi connectivity index (χ0v) is 22.4. The van der Waals surface area contributed by atoms with E-state index in [2.05, 4.69) is 0 Å². The van der Waals surface area contributed by atoms with Crippen molar-refractivity contribution in [1.82, 2.24) is 0 Å². The molecule has 0 aromatic heterocycles. The number of anilines is 1. The fourth-order valence-corrected chi connectivity index (χ4v) is 4.61. The van der Waals surface area contributed by atoms with Crippen molar-refractivity contribution in [3.63, 3.8) is 0 Å². The molecule has 0 radical (unpaired) electrons. The van der Waals surface area contributed by atoms with Crippen LogP contribution < -0.4 is 23.8 Å². The highest BCUT2D eigenvalue weighted by Crippen LogP contribution is 2.45. The maximum atomic E-state index is 13.5. The van der Waals surface area contributed by atoms with Gasteiger partial charge >= 0.3 is 0 Å². The third-order valence-electron chi connectivity index (χ3n) is 6.07. The SMILES string of the molecule is COc1cccc(C2/C(=C(\O)c3cc(Cl)c(OC)cc3OC)C(=O)C(=O)N2c2ccc(OC(C)C)cc2)c1. The van der Waals surface area contributed by atoms with Gasteiger partial charge in [-0.2, -0.15) is 0 Å². The summed E-state index contributed by atoms with van der Waals surface area (Å²) in [6.45, 7) is 3.82. The Kier molecular flexibility index (Phi) is 7.83. The number of Topliss-reactive ketones (excluding diaryl/α,β-unsaturated/α-hetero) is 1. The van der Waals surface area contributed by atoms with E-state index >= 15 is 0 Å². The van der Waals surface area contributed by atoms with E-state index < -0.39 is 23.5 Å². The highest BCUT2D eigenvalue weighted by molar-refractivity contribution is 6.51. The molecule has 3 aromatic carbocycles. The summed E-state index contributed by atoms with van der Waals surface area (Å²) >= 11 is 6.34. The molecule has 1 fully saturated rings. The van der Waals surface area contributed by atoms with Crippen molar-refractivity contribution in [1.29, 1.82) is 0 Å². The van der Waals surface area contributed by atoms with Crippen LogP contribution in [0.2, 0.25) is 5.02 Å². The van der Waals surface area contributed by atoms with Crippen molar-refractivity contribution >= 4 is 34.7 Å². The van der Waals surface area contributed by atoms with E-state index in [1.54, 1.807) is 48.5 Å². The van der Waals surface area contributed by atoms with Gasteiger partial charge in [-0.15, -0.1) is 0 Å². The number of hydrogen-bond donors (Lipinski definition) is 1. The molecule has 1 aliphatic heterocycles. The number of benzene rings is 3. The fraction of sp³-hybridized carbons (Fsp3) is 0.241. The molecule has 1 amide bonds. The number of nitrogens with zero attached hydrogens (tertiary/aromatic N) is 1. The monoisotopic (exact) mass is 537 g/mol. The number of methoxy groups -OCH3 is 3. The van der Waals surface area contributed by atoms with E-state index in [0.717, 1.165) is 0 Å². The average molecular weight is 538 g/mol. The number of carbonyl (C=O) groups excluding carboxylic acids is 2. The molecular weight excluding hydrogens is 510 g/mol. The van der Waals surface area contributed by atoms with Gasteiger partial charge in [0.05, 0.1) is 49.6 Å². The molecule has 0 bridgehead atoms. The Bertz CT molecular complexity index is 1400. The maximum absolute atomic E-state index is 13.5. The van der Waals surface area contributed by atoms with E-state index in [1.807, 2.05) is 13.8 Å². The van der Waals surface area contributed by atoms with E-state index in [4.69, 9.17) is 30.5 Å². The van der Waals surface area contributed by atoms with E-state index in [1.165, 1.54) is 38.4 Å². The quantitative estimate of drug-likeness (QED) is 0.221. The predicted molar refractivity (Wildman–Crippen MR) is 145 cm³/mol. The Morgan fingerprint density at radius 1 is 0.895 bits per heavy atom. The molecule has 1 atom stereocenters. The molecule has 1 unspecified atom stereocenters. The van der Waals surface area contributed by atoms with Gasteiger partial charge in [-0.3, -0.25) is 14.5 Å². The molecule has 0 saturated carbocycles. The number of ether oxygens (including phenoxy) is 4. The highest BCUT2D eigenvalue weighted by atomic mass is 35.5. The Labute approximate surface area is 225 Å². The third kappa shape index (κ3) is 4.99. The van der Waals surface area contributed by atoms with Gasteiger partial charge in [0.2, 0.25) is 0 Å². The van der Waals surface area contributed by atoms with Gasteiger partial charge in [0.1, 0.15) is 28.8 Å². The molecule has 1 heterocycles. The van der Waals surface area contributed by atoms with Gasteiger partial charge in [0, 0.05) is 11.8 Å². The summed E-state index contributed by atoms with van der Waals surface area (Å²) < 4.78 is 21.8. The molecule has 1 saturated heterocycles. The van der Waals surface area contributed by atoms with Crippen LogP contribution in [0.4, 0.5) is 5.69 Å². The lowest BCUT2D eigenvalue weighted by Gasteiger charge is -2.26. The molecule has 0 aliphatic carbocycles. The van der Waals surface area contributed by atoms with Crippen LogP contribution in [0.15, 0.2) is 66.2 Å². The Hall–Kier alpha value is -4.17. The van der Waals surface area contributed by atoms with Crippen LogP contribution in [-0.2, 0) is 9.59 Å². The molecule has 0 spiro atoms. The minimum absolute atomic E-state index is 0.0295. The molecule has 198 valence electrons. The van der Waals surface area contributed by atoms with Crippen LogP contribution in [0.5, 0.6) is 23.0 Å². The molecule has 1 N–H and O–H groups in total. The second-order valence-electron chi connectivity index (χ2n) is 8.79. The van der Waals surface area contributed by atoms with Crippen LogP contribution in [0.1, 0.15) is 31.0 Å². The van der Waals surface area contributed by atoms with Gasteiger partial charge < -0.3 is 24.1 Å². The minimum atomic E-state index is -0.965. The lowest BCUT2D eigenvalue weighted by Crippen LogP contribution is -2.29. The molecule has 1 aliphatic rings. The first-order valence-corrected chi connectivity index (χ1v) is 12.2. The number of aliphatic hydroxyl groups is 1. The smallest absolute Gasteiger partial charge is 0.300 e. The van der Waals surface area contributed by atoms with Crippen molar-refractivity contribution in [3.05, 3.63) is 82.4 Å². The Morgan fingerprint density at radius 3 is 2.18 bits per heavy atom. The first-order chi connectivity index (χ1) is 18.2. The zero-order chi connectivity index (χ0) is 27.6. The van der Waals surface area contributed by atoms with Crippen LogP contribution in [0.25, 0.3) is 5.76 Å². The van der Waals surface area contributed by atoms with Crippen molar-refractivity contribution in [2.75, 3.05) is 26.2 Å². The number of hydrogen-bond acceptors (Lipinski definition) is 7. The van der Waals surface area contributed by atoms with Crippen molar-refractivity contribution in [2.45, 2.75) is 26.0 Å². The van der Waals surface area contributed by atoms with E-state index in [9.17, 15) is 14.7 Å². The number of ketones is 1. The van der Waals surface area contributed by atoms with E-state index in [-0.39, 0.29) is 28.0 Å². The van der Waals surface area contributed by atoms with Gasteiger partial charge in [-0.25, -0.2) is 0 Å². The third-order valence-corrected chi connectivity index (χ3v) is 6.37. The molecule has 9 heteroatoms. The summed E-state index contributed by atoms with van der Waals surface area (Å²) in [6.07, 6.45) is -0.0295. The molecule has 8 nitrogen and oxygen atoms in total. The van der Waals surface area contributed by atoms with Gasteiger partial charge in [0.25, 0.3) is 11.7 Å². The molecular formula is C29H28ClNO7. The average Bonchev–Trinajstić information content (AvgIpc) is 3.18. The zero-order valence-electron chi connectivity index (χ0n) is 21.7. The van der Waals surface area contributed by atoms with Crippen LogP contribution >= 0.6 is 11.6 Å². The first kappa shape index (κ1) is 26.9. The summed E-state index contributed by atoms with van der Waals surface area (Å²) in [4.78, 5) is 28.3. The van der Waals surface area contributed by atoms with Crippen LogP contribution in [-0.4, -0.2) is 44.2 Å². The topological polar surface area (TPSA) is 94.5 Å². The highest BCUT2D eigenvalue weighted by Gasteiger charge is 2.47. The number of rotatable bonds is 8. The normalized spacial score (nSPS) is 16.6. The van der Waals surface area contributed by atoms with Crippen molar-refractivity contribution in [3.8, 4) is 23.0 Å². The standard InChI is InChI=1S/C29H28ClNO7/c1-16(2)38-19-11-9-18(10-12-19)31-26(17-7-6-8-20(13-17)35-3)25(28(33)29(31)34)27(32)21-14-22(30)24(37-5)15-23(21)36-4/h6-16,26,32H,1-5H3/b27-25+. The Balaban J connectivity index is 1.94. The Morgan fingerprint density at radius 2 is 1.58 bits per heavy atom. The minimum Gasteiger partial charge on any atom is -0.507 e. The van der Waals surface area contributed by atoms with Crippen LogP contribution in [0, 0.1) is 0 Å². The first-order valence-electron chi connectivity index (χ1n) is 11.8. The van der Waals surface area contributed by atoms with Crippen molar-refractivity contribution in [2.24, 2.45) is 0 Å². The van der Waals surface area contributed by atoms with Gasteiger partial charge in [-0.05, 0) is 61.9 Å². The number of amides is 1. The maximum Gasteiger partial charge on any atom is 0.300 e. The van der Waals surface area contributed by atoms with Gasteiger partial charge in [0.15, 0.2) is 0 Å². The van der Waals surface area contributed by atoms with Crippen molar-refractivity contribution < 1.29 is 33.6 Å². The summed E-state index contributed by atoms with van der Waals surface area (Å²) in [5.74, 6) is -0.389. The summed E-state index contributed by atoms with van der Waals surface area (Å²) in [5, 5.41) is 11.7. The summed E-state index contributed by atoms with van der Waals surface area (Å²) in [5.41, 5.74) is 1.04. The number of aliphatic hydroxyl groups excluding tert-OH is 1.